The van der Waals surface area contributed by atoms with Gasteiger partial charge >= 0.3 is 0 Å². The first-order valence-electron chi connectivity index (χ1n) is 11.7. The first-order valence-corrected chi connectivity index (χ1v) is 11.7. The molecule has 0 spiro atoms. The molecule has 0 N–H and O–H groups in total. The van der Waals surface area contributed by atoms with Gasteiger partial charge in [-0.1, -0.05) is 12.1 Å². The van der Waals surface area contributed by atoms with Gasteiger partial charge < -0.3 is 0 Å². The van der Waals surface area contributed by atoms with E-state index < -0.39 is 0 Å². The summed E-state index contributed by atoms with van der Waals surface area (Å²) in [6.07, 6.45) is 15.7. The van der Waals surface area contributed by atoms with Gasteiger partial charge in [0.1, 0.15) is 0 Å². The molecule has 0 unspecified atom stereocenters. The monoisotopic (exact) mass is 476 g/mol. The van der Waals surface area contributed by atoms with Gasteiger partial charge in [0.25, 0.3) is 0 Å². The predicted molar refractivity (Wildman–Crippen MR) is 132 cm³/mol. The van der Waals surface area contributed by atoms with Crippen molar-refractivity contribution in [2.24, 2.45) is 0 Å². The van der Waals surface area contributed by atoms with Crippen molar-refractivity contribution >= 4 is 0 Å². The van der Waals surface area contributed by atoms with Crippen molar-refractivity contribution in [3.63, 3.8) is 0 Å². The molecule has 0 saturated heterocycles. The van der Waals surface area contributed by atoms with Crippen LogP contribution in [0.2, 0.25) is 0 Å². The summed E-state index contributed by atoms with van der Waals surface area (Å²) in [5, 5.41) is 17.7. The second-order valence-corrected chi connectivity index (χ2v) is 8.30. The van der Waals surface area contributed by atoms with Crippen LogP contribution in [0.1, 0.15) is 35.1 Å². The van der Waals surface area contributed by atoms with Gasteiger partial charge in [-0.2, -0.15) is 20.4 Å². The zero-order chi connectivity index (χ0) is 24.2. The molecule has 0 saturated carbocycles. The van der Waals surface area contributed by atoms with Crippen molar-refractivity contribution < 1.29 is 0 Å². The minimum Gasteiger partial charge on any atom is -0.254 e. The Labute approximate surface area is 207 Å². The molecule has 0 fully saturated rings. The van der Waals surface area contributed by atoms with Crippen molar-refractivity contribution in [1.29, 1.82) is 0 Å². The summed E-state index contributed by atoms with van der Waals surface area (Å²) in [7, 11) is 0. The van der Waals surface area contributed by atoms with Crippen molar-refractivity contribution in [3.8, 4) is 0 Å². The highest BCUT2D eigenvalue weighted by Gasteiger charge is 2.20. The van der Waals surface area contributed by atoms with Gasteiger partial charge in [0.2, 0.25) is 0 Å². The quantitative estimate of drug-likeness (QED) is 0.318. The summed E-state index contributed by atoms with van der Waals surface area (Å²) in [6, 6.07) is 19.8. The first-order chi connectivity index (χ1) is 17.8. The third-order valence-corrected chi connectivity index (χ3v) is 5.92. The zero-order valence-electron chi connectivity index (χ0n) is 19.4. The molecule has 0 aliphatic rings. The number of rotatable bonds is 9. The number of nitrogens with zero attached hydrogens (tertiary/aromatic N) is 10. The lowest BCUT2D eigenvalue weighted by Crippen LogP contribution is -2.22. The third-order valence-electron chi connectivity index (χ3n) is 5.92. The maximum absolute atomic E-state index is 4.96. The van der Waals surface area contributed by atoms with Crippen LogP contribution in [-0.4, -0.2) is 49.1 Å². The second-order valence-electron chi connectivity index (χ2n) is 8.30. The first kappa shape index (κ1) is 21.7. The van der Waals surface area contributed by atoms with Crippen LogP contribution in [0.3, 0.4) is 0 Å². The summed E-state index contributed by atoms with van der Waals surface area (Å²) < 4.78 is 7.42. The summed E-state index contributed by atoms with van der Waals surface area (Å²) >= 11 is 0. The lowest BCUT2D eigenvalue weighted by Gasteiger charge is -2.19. The van der Waals surface area contributed by atoms with Gasteiger partial charge in [-0.05, 0) is 61.4 Å². The fraction of sp³-hybridized carbons (Fsp3) is 0.154. The van der Waals surface area contributed by atoms with Gasteiger partial charge in [0, 0.05) is 61.0 Å². The highest BCUT2D eigenvalue weighted by atomic mass is 15.4. The van der Waals surface area contributed by atoms with E-state index in [0.717, 1.165) is 35.6 Å². The van der Waals surface area contributed by atoms with Gasteiger partial charge in [-0.25, -0.2) is 18.7 Å². The molecule has 0 aliphatic carbocycles. The van der Waals surface area contributed by atoms with E-state index in [2.05, 4.69) is 20.4 Å². The van der Waals surface area contributed by atoms with Crippen molar-refractivity contribution in [3.05, 3.63) is 133 Å². The van der Waals surface area contributed by atoms with Crippen LogP contribution in [-0.2, 0) is 12.8 Å². The smallest absolute Gasteiger partial charge is 0.185 e. The minimum absolute atomic E-state index is 0.250. The average Bonchev–Trinajstić information content (AvgIpc) is 3.73. The number of aryl methyl sites for hydroxylation is 2. The Morgan fingerprint density at radius 1 is 0.472 bits per heavy atom. The molecule has 6 aromatic rings. The van der Waals surface area contributed by atoms with Gasteiger partial charge in [0.05, 0.1) is 11.4 Å². The van der Waals surface area contributed by atoms with E-state index in [1.807, 2.05) is 104 Å². The Kier molecular flexibility index (Phi) is 5.89. The van der Waals surface area contributed by atoms with Gasteiger partial charge in [-0.3, -0.25) is 9.97 Å². The fourth-order valence-electron chi connectivity index (χ4n) is 4.30. The highest BCUT2D eigenvalue weighted by molar-refractivity contribution is 5.19. The molecule has 6 rings (SSSR count). The molecule has 178 valence electrons. The zero-order valence-corrected chi connectivity index (χ0v) is 19.4. The maximum Gasteiger partial charge on any atom is 0.185 e. The summed E-state index contributed by atoms with van der Waals surface area (Å²) in [5.41, 5.74) is 3.72. The Morgan fingerprint density at radius 3 is 1.14 bits per heavy atom. The molecule has 0 amide bonds. The largest absolute Gasteiger partial charge is 0.254 e. The Morgan fingerprint density at radius 2 is 0.833 bits per heavy atom. The van der Waals surface area contributed by atoms with E-state index in [1.165, 1.54) is 0 Å². The van der Waals surface area contributed by atoms with E-state index in [4.69, 9.17) is 9.97 Å². The van der Waals surface area contributed by atoms with Crippen LogP contribution in [0.4, 0.5) is 0 Å². The Balaban J connectivity index is 1.24. The predicted octanol–water partition coefficient (Wildman–Crippen LogP) is 3.24. The van der Waals surface area contributed by atoms with Gasteiger partial charge in [0.15, 0.2) is 12.3 Å². The Hall–Kier alpha value is -4.86. The van der Waals surface area contributed by atoms with Crippen LogP contribution in [0.5, 0.6) is 0 Å². The van der Waals surface area contributed by atoms with Crippen molar-refractivity contribution in [2.75, 3.05) is 0 Å². The van der Waals surface area contributed by atoms with E-state index in [-0.39, 0.29) is 12.3 Å². The average molecular weight is 477 g/mol. The minimum atomic E-state index is -0.250. The van der Waals surface area contributed by atoms with Crippen LogP contribution in [0.25, 0.3) is 0 Å². The fourth-order valence-corrected chi connectivity index (χ4v) is 4.30. The number of hydrogen-bond acceptors (Lipinski definition) is 6. The maximum atomic E-state index is 4.96. The second kappa shape index (κ2) is 9.79. The molecule has 36 heavy (non-hydrogen) atoms. The molecule has 0 atom stereocenters. The van der Waals surface area contributed by atoms with Crippen molar-refractivity contribution in [1.82, 2.24) is 49.1 Å². The third kappa shape index (κ3) is 4.43. The lowest BCUT2D eigenvalue weighted by atomic mass is 10.1. The lowest BCUT2D eigenvalue weighted by molar-refractivity contribution is 0.408. The number of pyridine rings is 2. The number of aromatic nitrogens is 10. The molecular formula is C26H24N10. The highest BCUT2D eigenvalue weighted by Crippen LogP contribution is 2.20. The Bertz CT molecular complexity index is 1300. The van der Waals surface area contributed by atoms with Crippen LogP contribution < -0.4 is 0 Å². The van der Waals surface area contributed by atoms with Crippen LogP contribution >= 0.6 is 0 Å². The molecule has 10 nitrogen and oxygen atoms in total. The topological polar surface area (TPSA) is 97.1 Å². The molecule has 0 radical (unpaired) electrons. The summed E-state index contributed by atoms with van der Waals surface area (Å²) in [5.74, 6) is 0. The van der Waals surface area contributed by atoms with E-state index in [9.17, 15) is 0 Å². The molecular weight excluding hydrogens is 452 g/mol. The van der Waals surface area contributed by atoms with E-state index in [0.29, 0.717) is 0 Å². The van der Waals surface area contributed by atoms with E-state index >= 15 is 0 Å². The molecule has 0 aromatic carbocycles. The molecule has 0 aliphatic heterocycles. The van der Waals surface area contributed by atoms with Crippen molar-refractivity contribution in [2.45, 2.75) is 25.2 Å². The molecule has 0 bridgehead atoms. The molecule has 6 heterocycles. The van der Waals surface area contributed by atoms with E-state index in [1.54, 1.807) is 24.8 Å². The van der Waals surface area contributed by atoms with Crippen LogP contribution in [0, 0.1) is 0 Å². The SMILES string of the molecule is c1cc(CCc2cccc(C(n3cccn3)n3cccn3)n2)nc(C(n2cccn2)n2cccn2)c1. The van der Waals surface area contributed by atoms with Gasteiger partial charge in [-0.15, -0.1) is 0 Å². The number of hydrogen-bond donors (Lipinski definition) is 0. The summed E-state index contributed by atoms with van der Waals surface area (Å²) in [6.45, 7) is 0. The summed E-state index contributed by atoms with van der Waals surface area (Å²) in [4.78, 5) is 9.92. The molecule has 6 aromatic heterocycles. The standard InChI is InChI=1S/C26H24N10/c1-7-21(31-23(9-1)25(33-17-3-13-27-33)34-18-4-14-28-34)11-12-22-8-2-10-24(32-22)26(35-19-5-15-29-35)36-20-6-16-30-36/h1-10,13-20,25-26H,11-12H2. The van der Waals surface area contributed by atoms with Crippen LogP contribution in [0.15, 0.2) is 110 Å². The molecule has 10 heteroatoms. The normalized spacial score (nSPS) is 11.5.